The van der Waals surface area contributed by atoms with Crippen molar-refractivity contribution in [2.75, 3.05) is 0 Å². The fraction of sp³-hybridized carbons (Fsp3) is 0.308. The summed E-state index contributed by atoms with van der Waals surface area (Å²) in [7, 11) is 0. The average molecular weight is 443 g/mol. The number of nitrogens with one attached hydrogen (secondary N) is 2. The molecule has 2 atom stereocenters. The zero-order valence-electron chi connectivity index (χ0n) is 18.2. The molecule has 0 spiro atoms. The number of aromatic nitrogens is 2. The monoisotopic (exact) mass is 442 g/mol. The molecule has 0 saturated heterocycles. The van der Waals surface area contributed by atoms with E-state index in [1.807, 2.05) is 60.7 Å². The first kappa shape index (κ1) is 21.1. The minimum atomic E-state index is -0.434. The molecule has 2 aliphatic carbocycles. The van der Waals surface area contributed by atoms with Crippen LogP contribution in [0.2, 0.25) is 0 Å². The molecule has 2 unspecified atom stereocenters. The van der Waals surface area contributed by atoms with E-state index in [4.69, 9.17) is 0 Å². The molecule has 0 aliphatic heterocycles. The third-order valence-corrected chi connectivity index (χ3v) is 6.74. The highest BCUT2D eigenvalue weighted by atomic mass is 16.2. The zero-order chi connectivity index (χ0) is 22.8. The molecule has 7 heteroatoms. The second-order valence-electron chi connectivity index (χ2n) is 8.88. The maximum Gasteiger partial charge on any atom is 0.273 e. The summed E-state index contributed by atoms with van der Waals surface area (Å²) in [5.41, 5.74) is 7.70. The molecule has 2 amide bonds. The van der Waals surface area contributed by atoms with Gasteiger partial charge in [-0.25, -0.2) is 4.68 Å². The first-order chi connectivity index (χ1) is 16.1. The van der Waals surface area contributed by atoms with Crippen LogP contribution in [0.15, 0.2) is 66.9 Å². The van der Waals surface area contributed by atoms with Crippen LogP contribution in [0.25, 0.3) is 16.9 Å². The normalized spacial score (nSPS) is 21.9. The number of carbonyl (C=O) groups excluding carboxylic acids is 3. The number of ketones is 1. The number of amides is 2. The largest absolute Gasteiger partial charge is 0.299 e. The molecule has 2 N–H and O–H groups in total. The zero-order valence-corrected chi connectivity index (χ0v) is 18.2. The summed E-state index contributed by atoms with van der Waals surface area (Å²) in [5.74, 6) is -0.634. The topological polar surface area (TPSA) is 93.1 Å². The number of hydrogen-bond acceptors (Lipinski definition) is 4. The molecular formula is C26H26N4O3. The van der Waals surface area contributed by atoms with Gasteiger partial charge < -0.3 is 0 Å². The van der Waals surface area contributed by atoms with Crippen LogP contribution in [0.3, 0.4) is 0 Å². The fourth-order valence-corrected chi connectivity index (χ4v) is 5.04. The van der Waals surface area contributed by atoms with Crippen molar-refractivity contribution in [3.8, 4) is 16.9 Å². The number of hydrazine groups is 1. The predicted octanol–water partition coefficient (Wildman–Crippen LogP) is 3.70. The molecule has 2 fully saturated rings. The van der Waals surface area contributed by atoms with Crippen molar-refractivity contribution < 1.29 is 14.4 Å². The van der Waals surface area contributed by atoms with E-state index >= 15 is 0 Å². The van der Waals surface area contributed by atoms with Gasteiger partial charge in [0.05, 0.1) is 11.3 Å². The van der Waals surface area contributed by atoms with Gasteiger partial charge in [-0.15, -0.1) is 0 Å². The van der Waals surface area contributed by atoms with E-state index in [2.05, 4.69) is 16.0 Å². The van der Waals surface area contributed by atoms with E-state index in [0.29, 0.717) is 29.9 Å². The van der Waals surface area contributed by atoms with E-state index in [0.717, 1.165) is 30.5 Å². The summed E-state index contributed by atoms with van der Waals surface area (Å²) in [4.78, 5) is 38.2. The lowest BCUT2D eigenvalue weighted by Gasteiger charge is -2.36. The van der Waals surface area contributed by atoms with Crippen molar-refractivity contribution in [1.29, 1.82) is 0 Å². The summed E-state index contributed by atoms with van der Waals surface area (Å²) in [6.07, 6.45) is 5.59. The Bertz CT molecular complexity index is 1160. The Hall–Kier alpha value is -3.74. The molecule has 2 saturated carbocycles. The summed E-state index contributed by atoms with van der Waals surface area (Å²) >= 11 is 0. The van der Waals surface area contributed by atoms with Crippen molar-refractivity contribution >= 4 is 17.6 Å². The number of carbonyl (C=O) groups is 3. The number of hydrogen-bond donors (Lipinski definition) is 2. The Kier molecular flexibility index (Phi) is 5.77. The van der Waals surface area contributed by atoms with E-state index in [-0.39, 0.29) is 23.7 Å². The second kappa shape index (κ2) is 9.02. The van der Waals surface area contributed by atoms with E-state index < -0.39 is 5.91 Å². The number of para-hydroxylation sites is 1. The average Bonchev–Trinajstić information content (AvgIpc) is 3.29. The van der Waals surface area contributed by atoms with Crippen molar-refractivity contribution in [1.82, 2.24) is 20.6 Å². The van der Waals surface area contributed by atoms with E-state index in [9.17, 15) is 14.4 Å². The van der Waals surface area contributed by atoms with Crippen molar-refractivity contribution in [3.63, 3.8) is 0 Å². The molecule has 1 heterocycles. The summed E-state index contributed by atoms with van der Waals surface area (Å²) in [6, 6.07) is 19.0. The first-order valence-electron chi connectivity index (χ1n) is 11.4. The summed E-state index contributed by atoms with van der Waals surface area (Å²) < 4.78 is 1.66. The van der Waals surface area contributed by atoms with Crippen LogP contribution >= 0.6 is 0 Å². The van der Waals surface area contributed by atoms with Gasteiger partial charge in [-0.05, 0) is 37.8 Å². The van der Waals surface area contributed by atoms with Crippen molar-refractivity contribution in [3.05, 3.63) is 72.4 Å². The molecule has 2 aliphatic rings. The minimum absolute atomic E-state index is 0.0160. The molecular weight excluding hydrogens is 416 g/mol. The second-order valence-corrected chi connectivity index (χ2v) is 8.88. The number of rotatable bonds is 4. The maximum atomic E-state index is 13.1. The van der Waals surface area contributed by atoms with Crippen LogP contribution in [0.1, 0.15) is 42.5 Å². The fourth-order valence-electron chi connectivity index (χ4n) is 5.04. The van der Waals surface area contributed by atoms with Gasteiger partial charge in [-0.3, -0.25) is 25.2 Å². The van der Waals surface area contributed by atoms with Crippen LogP contribution in [0, 0.1) is 17.8 Å². The van der Waals surface area contributed by atoms with Crippen molar-refractivity contribution in [2.24, 2.45) is 17.8 Å². The highest BCUT2D eigenvalue weighted by Gasteiger charge is 2.41. The Balaban J connectivity index is 1.33. The molecule has 168 valence electrons. The third kappa shape index (κ3) is 4.31. The Labute approximate surface area is 192 Å². The van der Waals surface area contributed by atoms with Crippen LogP contribution < -0.4 is 10.9 Å². The van der Waals surface area contributed by atoms with Gasteiger partial charge in [0, 0.05) is 29.5 Å². The first-order valence-corrected chi connectivity index (χ1v) is 11.4. The van der Waals surface area contributed by atoms with E-state index in [1.54, 1.807) is 10.9 Å². The van der Waals surface area contributed by atoms with Crippen LogP contribution in [0.5, 0.6) is 0 Å². The minimum Gasteiger partial charge on any atom is -0.299 e. The molecule has 1 aromatic heterocycles. The molecule has 5 rings (SSSR count). The highest BCUT2D eigenvalue weighted by Crippen LogP contribution is 2.40. The van der Waals surface area contributed by atoms with Crippen LogP contribution in [-0.4, -0.2) is 27.4 Å². The quantitative estimate of drug-likeness (QED) is 0.603. The summed E-state index contributed by atoms with van der Waals surface area (Å²) in [6.45, 7) is 0. The predicted molar refractivity (Wildman–Crippen MR) is 123 cm³/mol. The summed E-state index contributed by atoms with van der Waals surface area (Å²) in [5, 5.41) is 4.64. The molecule has 2 bridgehead atoms. The smallest absolute Gasteiger partial charge is 0.273 e. The maximum absolute atomic E-state index is 13.1. The standard InChI is InChI=1S/C26H26N4O3/c31-24-18-10-7-11-19(24)15-20(14-18)25(32)27-28-26(33)22-16-30(21-12-5-2-6-13-21)29-23(22)17-8-3-1-4-9-17/h1-6,8-9,12-13,16,18-20H,7,10-11,14-15H2,(H,27,32)(H,28,33). The van der Waals surface area contributed by atoms with Gasteiger partial charge in [0.1, 0.15) is 11.5 Å². The lowest BCUT2D eigenvalue weighted by molar-refractivity contribution is -0.138. The van der Waals surface area contributed by atoms with Gasteiger partial charge >= 0.3 is 0 Å². The molecule has 7 nitrogen and oxygen atoms in total. The van der Waals surface area contributed by atoms with E-state index in [1.165, 1.54) is 0 Å². The van der Waals surface area contributed by atoms with Crippen LogP contribution in [0.4, 0.5) is 0 Å². The molecule has 0 radical (unpaired) electrons. The lowest BCUT2D eigenvalue weighted by atomic mass is 9.67. The van der Waals surface area contributed by atoms with Gasteiger partial charge in [0.15, 0.2) is 0 Å². The molecule has 33 heavy (non-hydrogen) atoms. The van der Waals surface area contributed by atoms with Gasteiger partial charge in [-0.2, -0.15) is 5.10 Å². The van der Waals surface area contributed by atoms with Gasteiger partial charge in [-0.1, -0.05) is 55.0 Å². The SMILES string of the molecule is O=C(NNC(=O)C1CC2CCCC(C1)C2=O)c1cn(-c2ccccc2)nc1-c1ccccc1. The van der Waals surface area contributed by atoms with Crippen molar-refractivity contribution in [2.45, 2.75) is 32.1 Å². The highest BCUT2D eigenvalue weighted by molar-refractivity contribution is 6.00. The number of benzene rings is 2. The van der Waals surface area contributed by atoms with Gasteiger partial charge in [0.25, 0.3) is 5.91 Å². The number of Topliss-reactive ketones (excluding diaryl/α,β-unsaturated/α-hetero) is 1. The third-order valence-electron chi connectivity index (χ3n) is 6.74. The lowest BCUT2D eigenvalue weighted by Crippen LogP contribution is -2.48. The van der Waals surface area contributed by atoms with Crippen LogP contribution in [-0.2, 0) is 9.59 Å². The number of fused-ring (bicyclic) bond motifs is 2. The Morgan fingerprint density at radius 3 is 2.18 bits per heavy atom. The molecule has 2 aromatic carbocycles. The Morgan fingerprint density at radius 1 is 0.879 bits per heavy atom. The van der Waals surface area contributed by atoms with Gasteiger partial charge in [0.2, 0.25) is 5.91 Å². The number of nitrogens with zero attached hydrogens (tertiary/aromatic N) is 2. The Morgan fingerprint density at radius 2 is 1.52 bits per heavy atom. The molecule has 3 aromatic rings.